The summed E-state index contributed by atoms with van der Waals surface area (Å²) in [5, 5.41) is 5.75. The van der Waals surface area contributed by atoms with Gasteiger partial charge < -0.3 is 15.4 Å². The summed E-state index contributed by atoms with van der Waals surface area (Å²) in [5.74, 6) is 1.29. The van der Waals surface area contributed by atoms with E-state index in [1.165, 1.54) is 25.7 Å². The van der Waals surface area contributed by atoms with Crippen molar-refractivity contribution >= 4 is 23.2 Å². The third-order valence-corrected chi connectivity index (χ3v) is 5.03. The van der Waals surface area contributed by atoms with Gasteiger partial charge in [0, 0.05) is 23.4 Å². The van der Waals surface area contributed by atoms with Gasteiger partial charge in [-0.1, -0.05) is 25.7 Å². The summed E-state index contributed by atoms with van der Waals surface area (Å²) >= 11 is 0. The lowest BCUT2D eigenvalue weighted by molar-refractivity contribution is -0.116. The number of nitrogens with one attached hydrogen (secondary N) is 2. The number of amides is 2. The lowest BCUT2D eigenvalue weighted by atomic mass is 10.0. The first kappa shape index (κ1) is 19.0. The standard InChI is InChI=1S/C22H26N2O3/c1-27-20-13-11-19(12-14-20)24-22(26)17-7-9-18(10-8-17)23-21(25)15-6-16-4-2-3-5-16/h7-14,16H,2-6,15H2,1H3,(H,23,25)(H,24,26). The zero-order valence-corrected chi connectivity index (χ0v) is 15.7. The van der Waals surface area contributed by atoms with Crippen molar-refractivity contribution in [1.29, 1.82) is 0 Å². The van der Waals surface area contributed by atoms with E-state index in [0.29, 0.717) is 29.3 Å². The number of carbonyl (C=O) groups excluding carboxylic acids is 2. The van der Waals surface area contributed by atoms with Gasteiger partial charge in [-0.05, 0) is 60.9 Å². The lowest BCUT2D eigenvalue weighted by Gasteiger charge is -2.10. The van der Waals surface area contributed by atoms with Crippen LogP contribution in [0.2, 0.25) is 0 Å². The molecule has 0 aliphatic heterocycles. The Labute approximate surface area is 160 Å². The van der Waals surface area contributed by atoms with Crippen LogP contribution < -0.4 is 15.4 Å². The van der Waals surface area contributed by atoms with Crippen LogP contribution in [0.4, 0.5) is 11.4 Å². The molecule has 0 heterocycles. The molecule has 2 amide bonds. The fraction of sp³-hybridized carbons (Fsp3) is 0.364. The van der Waals surface area contributed by atoms with Gasteiger partial charge in [0.05, 0.1) is 7.11 Å². The minimum atomic E-state index is -0.195. The topological polar surface area (TPSA) is 67.4 Å². The van der Waals surface area contributed by atoms with E-state index in [2.05, 4.69) is 10.6 Å². The fourth-order valence-electron chi connectivity index (χ4n) is 3.44. The van der Waals surface area contributed by atoms with Crippen molar-refractivity contribution in [3.8, 4) is 5.75 Å². The van der Waals surface area contributed by atoms with Crippen molar-refractivity contribution < 1.29 is 14.3 Å². The van der Waals surface area contributed by atoms with Gasteiger partial charge in [0.25, 0.3) is 5.91 Å². The smallest absolute Gasteiger partial charge is 0.255 e. The van der Waals surface area contributed by atoms with E-state index in [0.717, 1.165) is 12.2 Å². The summed E-state index contributed by atoms with van der Waals surface area (Å²) in [6.07, 6.45) is 6.63. The highest BCUT2D eigenvalue weighted by Crippen LogP contribution is 2.28. The van der Waals surface area contributed by atoms with Crippen molar-refractivity contribution in [2.45, 2.75) is 38.5 Å². The van der Waals surface area contributed by atoms with Crippen molar-refractivity contribution in [2.75, 3.05) is 17.7 Å². The second-order valence-corrected chi connectivity index (χ2v) is 7.00. The molecule has 1 fully saturated rings. The summed E-state index contributed by atoms with van der Waals surface area (Å²) in [7, 11) is 1.60. The maximum atomic E-state index is 12.3. The highest BCUT2D eigenvalue weighted by atomic mass is 16.5. The average Bonchev–Trinajstić information content (AvgIpc) is 3.21. The van der Waals surface area contributed by atoms with Crippen LogP contribution in [-0.2, 0) is 4.79 Å². The largest absolute Gasteiger partial charge is 0.497 e. The summed E-state index contributed by atoms with van der Waals surface area (Å²) < 4.78 is 5.10. The molecule has 0 bridgehead atoms. The molecular weight excluding hydrogens is 340 g/mol. The third-order valence-electron chi connectivity index (χ3n) is 5.03. The van der Waals surface area contributed by atoms with Crippen molar-refractivity contribution in [3.63, 3.8) is 0 Å². The molecule has 27 heavy (non-hydrogen) atoms. The summed E-state index contributed by atoms with van der Waals surface area (Å²) in [4.78, 5) is 24.4. The minimum absolute atomic E-state index is 0.0392. The molecule has 2 N–H and O–H groups in total. The van der Waals surface area contributed by atoms with Gasteiger partial charge in [0.2, 0.25) is 5.91 Å². The van der Waals surface area contributed by atoms with E-state index in [9.17, 15) is 9.59 Å². The molecule has 5 nitrogen and oxygen atoms in total. The van der Waals surface area contributed by atoms with Gasteiger partial charge in [-0.15, -0.1) is 0 Å². The van der Waals surface area contributed by atoms with Crippen LogP contribution in [0.5, 0.6) is 5.75 Å². The zero-order chi connectivity index (χ0) is 19.1. The Morgan fingerprint density at radius 2 is 1.52 bits per heavy atom. The summed E-state index contributed by atoms with van der Waals surface area (Å²) in [5.41, 5.74) is 1.95. The molecular formula is C22H26N2O3. The SMILES string of the molecule is COc1ccc(NC(=O)c2ccc(NC(=O)CCC3CCCC3)cc2)cc1. The van der Waals surface area contributed by atoms with Crippen molar-refractivity contribution in [2.24, 2.45) is 5.92 Å². The third kappa shape index (κ3) is 5.58. The van der Waals surface area contributed by atoms with Crippen LogP contribution in [0, 0.1) is 5.92 Å². The quantitative estimate of drug-likeness (QED) is 0.735. The van der Waals surface area contributed by atoms with Gasteiger partial charge in [-0.25, -0.2) is 0 Å². The molecule has 0 saturated heterocycles. The van der Waals surface area contributed by atoms with Crippen LogP contribution in [0.3, 0.4) is 0 Å². The highest BCUT2D eigenvalue weighted by Gasteiger charge is 2.16. The lowest BCUT2D eigenvalue weighted by Crippen LogP contribution is -2.14. The minimum Gasteiger partial charge on any atom is -0.497 e. The monoisotopic (exact) mass is 366 g/mol. The average molecular weight is 366 g/mol. The van der Waals surface area contributed by atoms with E-state index in [4.69, 9.17) is 4.74 Å². The molecule has 2 aromatic rings. The molecule has 0 unspecified atom stereocenters. The zero-order valence-electron chi connectivity index (χ0n) is 15.7. The molecule has 3 rings (SSSR count). The van der Waals surface area contributed by atoms with Gasteiger partial charge in [-0.3, -0.25) is 9.59 Å². The Hall–Kier alpha value is -2.82. The first-order chi connectivity index (χ1) is 13.1. The second kappa shape index (κ2) is 9.21. The molecule has 1 saturated carbocycles. The van der Waals surface area contributed by atoms with Crippen LogP contribution in [-0.4, -0.2) is 18.9 Å². The van der Waals surface area contributed by atoms with Gasteiger partial charge >= 0.3 is 0 Å². The van der Waals surface area contributed by atoms with E-state index in [-0.39, 0.29) is 11.8 Å². The number of hydrogen-bond donors (Lipinski definition) is 2. The maximum absolute atomic E-state index is 12.3. The molecule has 0 spiro atoms. The molecule has 0 atom stereocenters. The number of benzene rings is 2. The Morgan fingerprint density at radius 1 is 0.926 bits per heavy atom. The molecule has 0 aromatic heterocycles. The van der Waals surface area contributed by atoms with E-state index in [1.54, 1.807) is 55.6 Å². The van der Waals surface area contributed by atoms with Crippen molar-refractivity contribution in [1.82, 2.24) is 0 Å². The predicted molar refractivity (Wildman–Crippen MR) is 107 cm³/mol. The van der Waals surface area contributed by atoms with Gasteiger partial charge in [0.1, 0.15) is 5.75 Å². The first-order valence-corrected chi connectivity index (χ1v) is 9.49. The molecule has 5 heteroatoms. The molecule has 0 radical (unpaired) electrons. The Balaban J connectivity index is 1.49. The molecule has 1 aliphatic carbocycles. The molecule has 142 valence electrons. The normalized spacial score (nSPS) is 14.0. The van der Waals surface area contributed by atoms with E-state index < -0.39 is 0 Å². The molecule has 1 aliphatic rings. The highest BCUT2D eigenvalue weighted by molar-refractivity contribution is 6.04. The number of rotatable bonds is 7. The maximum Gasteiger partial charge on any atom is 0.255 e. The number of carbonyl (C=O) groups is 2. The number of anilines is 2. The van der Waals surface area contributed by atoms with Crippen LogP contribution in [0.25, 0.3) is 0 Å². The Kier molecular flexibility index (Phi) is 6.47. The van der Waals surface area contributed by atoms with E-state index in [1.807, 2.05) is 0 Å². The Morgan fingerprint density at radius 3 is 2.15 bits per heavy atom. The van der Waals surface area contributed by atoms with Crippen LogP contribution in [0.15, 0.2) is 48.5 Å². The summed E-state index contributed by atoms with van der Waals surface area (Å²) in [6, 6.07) is 14.1. The van der Waals surface area contributed by atoms with Crippen molar-refractivity contribution in [3.05, 3.63) is 54.1 Å². The number of ether oxygens (including phenoxy) is 1. The summed E-state index contributed by atoms with van der Waals surface area (Å²) in [6.45, 7) is 0. The fourth-order valence-corrected chi connectivity index (χ4v) is 3.44. The first-order valence-electron chi connectivity index (χ1n) is 9.49. The Bertz CT molecular complexity index is 763. The number of hydrogen-bond acceptors (Lipinski definition) is 3. The second-order valence-electron chi connectivity index (χ2n) is 7.00. The van der Waals surface area contributed by atoms with Crippen LogP contribution >= 0.6 is 0 Å². The molecule has 2 aromatic carbocycles. The predicted octanol–water partition coefficient (Wildman–Crippen LogP) is 4.86. The number of methoxy groups -OCH3 is 1. The van der Waals surface area contributed by atoms with Gasteiger partial charge in [-0.2, -0.15) is 0 Å². The van der Waals surface area contributed by atoms with E-state index >= 15 is 0 Å². The van der Waals surface area contributed by atoms with Crippen LogP contribution in [0.1, 0.15) is 48.9 Å². The van der Waals surface area contributed by atoms with Gasteiger partial charge in [0.15, 0.2) is 0 Å².